The van der Waals surface area contributed by atoms with Gasteiger partial charge in [0.2, 0.25) is 5.78 Å². The van der Waals surface area contributed by atoms with Crippen LogP contribution in [0.1, 0.15) is 28.6 Å². The maximum Gasteiger partial charge on any atom is 0.356 e. The molecule has 4 aromatic rings. The molecular formula is C20H16ClN3O5S. The van der Waals surface area contributed by atoms with Gasteiger partial charge >= 0.3 is 10.1 Å². The van der Waals surface area contributed by atoms with Crippen molar-refractivity contribution < 1.29 is 21.8 Å². The third-order valence-electron chi connectivity index (χ3n) is 4.54. The van der Waals surface area contributed by atoms with Crippen LogP contribution in [0, 0.1) is 0 Å². The molecule has 0 unspecified atom stereocenters. The number of halogens is 1. The number of furan rings is 1. The van der Waals surface area contributed by atoms with E-state index in [0.29, 0.717) is 10.4 Å². The van der Waals surface area contributed by atoms with Crippen molar-refractivity contribution in [3.8, 4) is 5.75 Å². The van der Waals surface area contributed by atoms with Gasteiger partial charge in [0, 0.05) is 17.0 Å². The molecule has 2 aromatic heterocycles. The van der Waals surface area contributed by atoms with Crippen LogP contribution in [0.15, 0.2) is 58.4 Å². The van der Waals surface area contributed by atoms with Gasteiger partial charge in [-0.1, -0.05) is 24.6 Å². The van der Waals surface area contributed by atoms with Gasteiger partial charge in [0.1, 0.15) is 11.3 Å². The maximum atomic E-state index is 12.9. The van der Waals surface area contributed by atoms with Gasteiger partial charge in [-0.2, -0.15) is 8.42 Å². The second-order valence-corrected chi connectivity index (χ2v) is 8.37. The van der Waals surface area contributed by atoms with E-state index < -0.39 is 15.9 Å². The van der Waals surface area contributed by atoms with E-state index in [1.807, 2.05) is 13.0 Å². The van der Waals surface area contributed by atoms with Crippen LogP contribution in [-0.4, -0.2) is 24.2 Å². The molecule has 0 aliphatic heterocycles. The fourth-order valence-corrected chi connectivity index (χ4v) is 4.08. The lowest BCUT2D eigenvalue weighted by molar-refractivity contribution is 0.101. The fourth-order valence-electron chi connectivity index (χ4n) is 2.95. The Morgan fingerprint density at radius 3 is 2.73 bits per heavy atom. The number of fused-ring (bicyclic) bond motifs is 1. The number of nitrogens with two attached hydrogens (primary N) is 1. The van der Waals surface area contributed by atoms with Crippen LogP contribution in [0.25, 0.3) is 11.0 Å². The lowest BCUT2D eigenvalue weighted by atomic mass is 10.0. The van der Waals surface area contributed by atoms with E-state index in [0.717, 1.165) is 18.2 Å². The van der Waals surface area contributed by atoms with Crippen molar-refractivity contribution in [3.05, 3.63) is 70.8 Å². The van der Waals surface area contributed by atoms with E-state index in [9.17, 15) is 13.2 Å². The molecule has 4 rings (SSSR count). The van der Waals surface area contributed by atoms with Crippen LogP contribution in [0.2, 0.25) is 5.02 Å². The van der Waals surface area contributed by atoms with Crippen LogP contribution >= 0.6 is 11.6 Å². The van der Waals surface area contributed by atoms with Crippen molar-refractivity contribution in [2.45, 2.75) is 18.4 Å². The first-order chi connectivity index (χ1) is 14.3. The molecule has 0 saturated heterocycles. The van der Waals surface area contributed by atoms with Crippen molar-refractivity contribution in [1.82, 2.24) is 9.97 Å². The van der Waals surface area contributed by atoms with Crippen molar-refractivity contribution in [2.75, 3.05) is 5.73 Å². The number of benzene rings is 2. The zero-order valence-corrected chi connectivity index (χ0v) is 17.3. The molecule has 0 bridgehead atoms. The number of anilines is 1. The van der Waals surface area contributed by atoms with Crippen LogP contribution in [-0.2, 0) is 16.5 Å². The van der Waals surface area contributed by atoms with E-state index in [-0.39, 0.29) is 33.4 Å². The number of ketones is 1. The van der Waals surface area contributed by atoms with Crippen molar-refractivity contribution in [3.63, 3.8) is 0 Å². The predicted molar refractivity (Wildman–Crippen MR) is 111 cm³/mol. The van der Waals surface area contributed by atoms with Gasteiger partial charge in [-0.3, -0.25) is 4.79 Å². The van der Waals surface area contributed by atoms with Gasteiger partial charge in [-0.05, 0) is 36.2 Å². The molecule has 154 valence electrons. The number of carbonyl (C=O) groups excluding carboxylic acids is 1. The minimum atomic E-state index is -4.09. The van der Waals surface area contributed by atoms with Crippen LogP contribution < -0.4 is 9.92 Å². The van der Waals surface area contributed by atoms with Gasteiger partial charge in [0.25, 0.3) is 0 Å². The lowest BCUT2D eigenvalue weighted by Gasteiger charge is -2.04. The summed E-state index contributed by atoms with van der Waals surface area (Å²) < 4.78 is 35.2. The summed E-state index contributed by atoms with van der Waals surface area (Å²) in [5, 5.41) is 0.558. The van der Waals surface area contributed by atoms with E-state index in [1.54, 1.807) is 12.1 Å². The minimum absolute atomic E-state index is 0.00446. The first-order valence-electron chi connectivity index (χ1n) is 8.88. The summed E-state index contributed by atoms with van der Waals surface area (Å²) in [4.78, 5) is 19.1. The SMILES string of the molecule is CCc1ccc(C(=O)c2oc3cc(OS(=O)(=O)c4cnc[nH]4)ccc3c2N)c(Cl)c1. The molecule has 2 aromatic carbocycles. The molecule has 10 heteroatoms. The molecule has 0 spiro atoms. The minimum Gasteiger partial charge on any atom is -0.450 e. The van der Waals surface area contributed by atoms with E-state index in [1.165, 1.54) is 24.5 Å². The molecular weight excluding hydrogens is 430 g/mol. The number of imidazole rings is 1. The Morgan fingerprint density at radius 1 is 1.27 bits per heavy atom. The average Bonchev–Trinajstić information content (AvgIpc) is 3.36. The number of nitrogens with one attached hydrogen (secondary N) is 1. The Morgan fingerprint density at radius 2 is 2.07 bits per heavy atom. The largest absolute Gasteiger partial charge is 0.450 e. The molecule has 2 heterocycles. The number of hydrogen-bond donors (Lipinski definition) is 2. The number of hydrogen-bond acceptors (Lipinski definition) is 7. The summed E-state index contributed by atoms with van der Waals surface area (Å²) >= 11 is 6.25. The lowest BCUT2D eigenvalue weighted by Crippen LogP contribution is -2.09. The Hall–Kier alpha value is -3.30. The first kappa shape index (κ1) is 20.0. The standard InChI is InChI=1S/C20H16ClN3O5S/c1-2-11-3-5-13(15(21)7-11)19(25)20-18(22)14-6-4-12(8-16(14)28-20)29-30(26,27)17-9-23-10-24-17/h3-10H,2,22H2,1H3,(H,23,24). The molecule has 8 nitrogen and oxygen atoms in total. The van der Waals surface area contributed by atoms with Gasteiger partial charge in [0.15, 0.2) is 10.8 Å². The maximum absolute atomic E-state index is 12.9. The smallest absolute Gasteiger partial charge is 0.356 e. The van der Waals surface area contributed by atoms with Gasteiger partial charge in [-0.15, -0.1) is 0 Å². The Balaban J connectivity index is 1.70. The summed E-state index contributed by atoms with van der Waals surface area (Å²) in [6.07, 6.45) is 3.14. The number of rotatable bonds is 6. The number of aromatic amines is 1. The zero-order chi connectivity index (χ0) is 21.5. The molecule has 0 aliphatic rings. The van der Waals surface area contributed by atoms with Crippen molar-refractivity contribution in [2.24, 2.45) is 0 Å². The van der Waals surface area contributed by atoms with Crippen LogP contribution in [0.3, 0.4) is 0 Å². The summed E-state index contributed by atoms with van der Waals surface area (Å²) in [5.41, 5.74) is 7.70. The molecule has 30 heavy (non-hydrogen) atoms. The summed E-state index contributed by atoms with van der Waals surface area (Å²) in [6, 6.07) is 9.44. The molecule has 3 N–H and O–H groups in total. The van der Waals surface area contributed by atoms with Gasteiger partial charge in [0.05, 0.1) is 23.2 Å². The number of carbonyl (C=O) groups is 1. The first-order valence-corrected chi connectivity index (χ1v) is 10.7. The average molecular weight is 446 g/mol. The highest BCUT2D eigenvalue weighted by Crippen LogP contribution is 2.34. The quantitative estimate of drug-likeness (QED) is 0.339. The summed E-state index contributed by atoms with van der Waals surface area (Å²) in [7, 11) is -4.09. The highest BCUT2D eigenvalue weighted by Gasteiger charge is 2.24. The Kier molecular flexibility index (Phi) is 5.00. The topological polar surface area (TPSA) is 128 Å². The molecule has 0 radical (unpaired) electrons. The van der Waals surface area contributed by atoms with Crippen LogP contribution in [0.5, 0.6) is 5.75 Å². The van der Waals surface area contributed by atoms with Crippen LogP contribution in [0.4, 0.5) is 5.69 Å². The van der Waals surface area contributed by atoms with E-state index in [4.69, 9.17) is 25.9 Å². The molecule has 0 aliphatic carbocycles. The monoisotopic (exact) mass is 445 g/mol. The number of aromatic nitrogens is 2. The highest BCUT2D eigenvalue weighted by atomic mass is 35.5. The third-order valence-corrected chi connectivity index (χ3v) is 6.03. The summed E-state index contributed by atoms with van der Waals surface area (Å²) in [5.74, 6) is -0.552. The third kappa shape index (κ3) is 3.53. The zero-order valence-electron chi connectivity index (χ0n) is 15.7. The molecule has 0 saturated carbocycles. The number of H-pyrrole nitrogens is 1. The van der Waals surface area contributed by atoms with Crippen molar-refractivity contribution >= 4 is 44.2 Å². The second kappa shape index (κ2) is 7.51. The number of aryl methyl sites for hydroxylation is 1. The normalized spacial score (nSPS) is 11.7. The molecule has 0 fully saturated rings. The van der Waals surface area contributed by atoms with E-state index in [2.05, 4.69) is 9.97 Å². The molecule has 0 amide bonds. The van der Waals surface area contributed by atoms with Gasteiger partial charge < -0.3 is 19.3 Å². The number of nitrogens with zero attached hydrogens (tertiary/aromatic N) is 1. The molecule has 0 atom stereocenters. The number of nitrogen functional groups attached to an aromatic ring is 1. The highest BCUT2D eigenvalue weighted by molar-refractivity contribution is 7.87. The Bertz CT molecular complexity index is 1360. The predicted octanol–water partition coefficient (Wildman–Crippen LogP) is 3.95. The van der Waals surface area contributed by atoms with E-state index >= 15 is 0 Å². The van der Waals surface area contributed by atoms with Gasteiger partial charge in [-0.25, -0.2) is 4.98 Å². The summed E-state index contributed by atoms with van der Waals surface area (Å²) in [6.45, 7) is 1.98. The fraction of sp³-hybridized carbons (Fsp3) is 0.100. The second-order valence-electron chi connectivity index (χ2n) is 6.45. The van der Waals surface area contributed by atoms with Crippen molar-refractivity contribution in [1.29, 1.82) is 0 Å². The Labute approximate surface area is 176 Å².